The lowest BCUT2D eigenvalue weighted by Gasteiger charge is -2.31. The van der Waals surface area contributed by atoms with Gasteiger partial charge in [0, 0.05) is 6.54 Å². The van der Waals surface area contributed by atoms with E-state index in [9.17, 15) is 18.0 Å². The zero-order valence-corrected chi connectivity index (χ0v) is 17.6. The average molecular weight is 412 g/mol. The van der Waals surface area contributed by atoms with E-state index in [1.807, 2.05) is 13.8 Å². The fraction of sp³-hybridized carbons (Fsp3) is 0.579. The molecule has 1 atom stereocenters. The highest BCUT2D eigenvalue weighted by atomic mass is 32.2. The van der Waals surface area contributed by atoms with Gasteiger partial charge in [0.05, 0.1) is 31.1 Å². The molecule has 0 aromatic heterocycles. The molecular weight excluding hydrogens is 380 g/mol. The number of carbonyl (C=O) groups excluding carboxylic acids is 2. The number of hydrogen-bond donors (Lipinski definition) is 3. The number of carbonyl (C=O) groups is 2. The van der Waals surface area contributed by atoms with Crippen LogP contribution in [-0.4, -0.2) is 69.8 Å². The third-order valence-corrected chi connectivity index (χ3v) is 6.73. The van der Waals surface area contributed by atoms with Crippen molar-refractivity contribution < 1.29 is 22.9 Å². The minimum absolute atomic E-state index is 0.195. The summed E-state index contributed by atoms with van der Waals surface area (Å²) in [6, 6.07) is 6.25. The Balaban J connectivity index is 1.82. The van der Waals surface area contributed by atoms with E-state index in [-0.39, 0.29) is 18.4 Å². The highest BCUT2D eigenvalue weighted by Gasteiger charge is 2.31. The molecular formula is C19H31N4O4S+. The Hall–Kier alpha value is -1.97. The molecule has 0 unspecified atom stereocenters. The molecule has 0 saturated carbocycles. The standard InChI is InChI=1S/C19H30N4O4S/c1-4-9-20-19(25)16(3)21-18(24)14-22-10-12-23(13-11-22)28(26,27)17-7-5-15(2)6-8-17/h5-8,16H,4,9-14H2,1-3H3,(H,20,25)(H,21,24)/p+1/t16-/m1/s1. The zero-order valence-electron chi connectivity index (χ0n) is 16.8. The van der Waals surface area contributed by atoms with Gasteiger partial charge in [-0.15, -0.1) is 0 Å². The molecule has 1 heterocycles. The second kappa shape index (κ2) is 9.99. The van der Waals surface area contributed by atoms with Crippen LogP contribution in [0, 0.1) is 6.92 Å². The summed E-state index contributed by atoms with van der Waals surface area (Å²) in [5.41, 5.74) is 1.01. The van der Waals surface area contributed by atoms with E-state index in [1.54, 1.807) is 31.2 Å². The number of amides is 2. The van der Waals surface area contributed by atoms with Gasteiger partial charge in [0.2, 0.25) is 15.9 Å². The van der Waals surface area contributed by atoms with Crippen LogP contribution in [0.1, 0.15) is 25.8 Å². The Morgan fingerprint density at radius 1 is 1.18 bits per heavy atom. The number of nitrogens with zero attached hydrogens (tertiary/aromatic N) is 1. The highest BCUT2D eigenvalue weighted by molar-refractivity contribution is 7.89. The molecule has 0 radical (unpaired) electrons. The van der Waals surface area contributed by atoms with Crippen molar-refractivity contribution in [1.29, 1.82) is 0 Å². The summed E-state index contributed by atoms with van der Waals surface area (Å²) in [7, 11) is -3.50. The maximum atomic E-state index is 12.7. The van der Waals surface area contributed by atoms with Crippen molar-refractivity contribution in [2.45, 2.75) is 38.1 Å². The third kappa shape index (κ3) is 6.02. The molecule has 8 nitrogen and oxygen atoms in total. The molecule has 1 saturated heterocycles. The first-order valence-electron chi connectivity index (χ1n) is 9.71. The largest absolute Gasteiger partial charge is 0.354 e. The molecule has 0 aliphatic carbocycles. The molecule has 1 fully saturated rings. The predicted molar refractivity (Wildman–Crippen MR) is 106 cm³/mol. The van der Waals surface area contributed by atoms with E-state index in [0.717, 1.165) is 16.9 Å². The van der Waals surface area contributed by atoms with Crippen molar-refractivity contribution in [2.75, 3.05) is 39.3 Å². The first-order chi connectivity index (χ1) is 13.2. The van der Waals surface area contributed by atoms with Crippen molar-refractivity contribution in [1.82, 2.24) is 14.9 Å². The summed E-state index contributed by atoms with van der Waals surface area (Å²) >= 11 is 0. The molecule has 1 aliphatic rings. The van der Waals surface area contributed by atoms with E-state index in [2.05, 4.69) is 10.6 Å². The van der Waals surface area contributed by atoms with Gasteiger partial charge in [0.25, 0.3) is 5.91 Å². The fourth-order valence-electron chi connectivity index (χ4n) is 3.07. The lowest BCUT2D eigenvalue weighted by molar-refractivity contribution is -0.895. The normalized spacial score (nSPS) is 17.1. The SMILES string of the molecule is CCCNC(=O)[C@@H](C)NC(=O)C[NH+]1CCN(S(=O)(=O)c2ccc(C)cc2)CC1. The van der Waals surface area contributed by atoms with E-state index in [4.69, 9.17) is 0 Å². The van der Waals surface area contributed by atoms with Crippen LogP contribution in [-0.2, 0) is 19.6 Å². The molecule has 1 aliphatic heterocycles. The van der Waals surface area contributed by atoms with Gasteiger partial charge in [-0.1, -0.05) is 24.6 Å². The van der Waals surface area contributed by atoms with Crippen LogP contribution in [0.4, 0.5) is 0 Å². The summed E-state index contributed by atoms with van der Waals surface area (Å²) in [6.07, 6.45) is 0.840. The molecule has 1 aromatic rings. The number of nitrogens with one attached hydrogen (secondary N) is 3. The number of piperazine rings is 1. The van der Waals surface area contributed by atoms with E-state index in [1.165, 1.54) is 4.31 Å². The van der Waals surface area contributed by atoms with E-state index in [0.29, 0.717) is 37.6 Å². The summed E-state index contributed by atoms with van der Waals surface area (Å²) in [5, 5.41) is 5.45. The van der Waals surface area contributed by atoms with Gasteiger partial charge in [0.1, 0.15) is 6.04 Å². The van der Waals surface area contributed by atoms with Gasteiger partial charge in [-0.3, -0.25) is 9.59 Å². The van der Waals surface area contributed by atoms with Crippen molar-refractivity contribution in [3.8, 4) is 0 Å². The van der Waals surface area contributed by atoms with Crippen LogP contribution in [0.15, 0.2) is 29.2 Å². The Kier molecular flexibility index (Phi) is 7.97. The molecule has 9 heteroatoms. The van der Waals surface area contributed by atoms with Crippen LogP contribution < -0.4 is 15.5 Å². The van der Waals surface area contributed by atoms with Gasteiger partial charge in [0.15, 0.2) is 6.54 Å². The van der Waals surface area contributed by atoms with Crippen molar-refractivity contribution >= 4 is 21.8 Å². The molecule has 2 amide bonds. The second-order valence-electron chi connectivity index (χ2n) is 7.22. The maximum Gasteiger partial charge on any atom is 0.275 e. The first kappa shape index (κ1) is 22.3. The molecule has 2 rings (SSSR count). The molecule has 3 N–H and O–H groups in total. The smallest absolute Gasteiger partial charge is 0.275 e. The number of hydrogen-bond acceptors (Lipinski definition) is 4. The summed E-state index contributed by atoms with van der Waals surface area (Å²) < 4.78 is 26.9. The summed E-state index contributed by atoms with van der Waals surface area (Å²) in [4.78, 5) is 25.3. The van der Waals surface area contributed by atoms with Gasteiger partial charge in [-0.25, -0.2) is 8.42 Å². The quantitative estimate of drug-likeness (QED) is 0.506. The minimum Gasteiger partial charge on any atom is -0.354 e. The van der Waals surface area contributed by atoms with E-state index >= 15 is 0 Å². The van der Waals surface area contributed by atoms with E-state index < -0.39 is 16.1 Å². The Morgan fingerprint density at radius 2 is 1.79 bits per heavy atom. The number of sulfonamides is 1. The lowest BCUT2D eigenvalue weighted by atomic mass is 10.2. The molecule has 0 spiro atoms. The lowest BCUT2D eigenvalue weighted by Crippen LogP contribution is -3.15. The van der Waals surface area contributed by atoms with Crippen molar-refractivity contribution in [2.24, 2.45) is 0 Å². The van der Waals surface area contributed by atoms with Gasteiger partial charge in [-0.2, -0.15) is 4.31 Å². The second-order valence-corrected chi connectivity index (χ2v) is 9.16. The predicted octanol–water partition coefficient (Wildman–Crippen LogP) is -1.08. The Bertz CT molecular complexity index is 772. The first-order valence-corrected chi connectivity index (χ1v) is 11.2. The summed E-state index contributed by atoms with van der Waals surface area (Å²) in [5.74, 6) is -0.400. The number of benzene rings is 1. The van der Waals surface area contributed by atoms with Gasteiger partial charge >= 0.3 is 0 Å². The number of aryl methyl sites for hydroxylation is 1. The Morgan fingerprint density at radius 3 is 2.36 bits per heavy atom. The minimum atomic E-state index is -3.50. The van der Waals surface area contributed by atoms with Crippen molar-refractivity contribution in [3.05, 3.63) is 29.8 Å². The van der Waals surface area contributed by atoms with Gasteiger partial charge in [-0.05, 0) is 32.4 Å². The molecule has 1 aromatic carbocycles. The van der Waals surface area contributed by atoms with Crippen LogP contribution in [0.5, 0.6) is 0 Å². The zero-order chi connectivity index (χ0) is 20.7. The molecule has 0 bridgehead atoms. The van der Waals surface area contributed by atoms with Crippen LogP contribution >= 0.6 is 0 Å². The fourth-order valence-corrected chi connectivity index (χ4v) is 4.51. The van der Waals surface area contributed by atoms with Crippen LogP contribution in [0.3, 0.4) is 0 Å². The van der Waals surface area contributed by atoms with Gasteiger partial charge < -0.3 is 15.5 Å². The van der Waals surface area contributed by atoms with Crippen LogP contribution in [0.25, 0.3) is 0 Å². The topological polar surface area (TPSA) is 100 Å². The molecule has 28 heavy (non-hydrogen) atoms. The third-order valence-electron chi connectivity index (χ3n) is 4.82. The highest BCUT2D eigenvalue weighted by Crippen LogP contribution is 2.16. The monoisotopic (exact) mass is 411 g/mol. The maximum absolute atomic E-state index is 12.7. The average Bonchev–Trinajstić information content (AvgIpc) is 2.66. The number of rotatable bonds is 8. The molecule has 156 valence electrons. The Labute approximate surface area is 167 Å². The van der Waals surface area contributed by atoms with Crippen molar-refractivity contribution in [3.63, 3.8) is 0 Å². The summed E-state index contributed by atoms with van der Waals surface area (Å²) in [6.45, 7) is 8.18. The van der Waals surface area contributed by atoms with Crippen LogP contribution in [0.2, 0.25) is 0 Å². The number of quaternary nitrogens is 1.